The topological polar surface area (TPSA) is 66.0 Å². The first-order valence-corrected chi connectivity index (χ1v) is 12.2. The number of guanidine groups is 1. The van der Waals surface area contributed by atoms with Gasteiger partial charge in [-0.25, -0.2) is 0 Å². The Morgan fingerprint density at radius 1 is 1.13 bits per heavy atom. The summed E-state index contributed by atoms with van der Waals surface area (Å²) in [7, 11) is 0. The summed E-state index contributed by atoms with van der Waals surface area (Å²) in [5.74, 6) is 1.50. The van der Waals surface area contributed by atoms with E-state index in [0.717, 1.165) is 70.8 Å². The zero-order chi connectivity index (χ0) is 21.7. The Labute approximate surface area is 187 Å². The van der Waals surface area contributed by atoms with Gasteiger partial charge >= 0.3 is 0 Å². The highest BCUT2D eigenvalue weighted by Gasteiger charge is 2.31. The second kappa shape index (κ2) is 13.4. The first-order chi connectivity index (χ1) is 15.3. The van der Waals surface area contributed by atoms with Crippen LogP contribution in [0.1, 0.15) is 63.9 Å². The lowest BCUT2D eigenvalue weighted by molar-refractivity contribution is -0.135. The van der Waals surface area contributed by atoms with Crippen LogP contribution in [0.4, 0.5) is 0 Å². The van der Waals surface area contributed by atoms with Crippen molar-refractivity contribution >= 4 is 11.9 Å². The molecule has 1 aromatic carbocycles. The number of hydrogen-bond donors (Lipinski definition) is 2. The molecule has 2 fully saturated rings. The monoisotopic (exact) mass is 428 g/mol. The molecule has 1 aliphatic heterocycles. The molecule has 0 radical (unpaired) electrons. The van der Waals surface area contributed by atoms with Gasteiger partial charge in [0, 0.05) is 44.7 Å². The minimum absolute atomic E-state index is 0.263. The number of nitrogens with one attached hydrogen (secondary N) is 2. The van der Waals surface area contributed by atoms with Crippen molar-refractivity contribution in [3.05, 3.63) is 35.9 Å². The third-order valence-electron chi connectivity index (χ3n) is 6.22. The largest absolute Gasteiger partial charge is 0.377 e. The summed E-state index contributed by atoms with van der Waals surface area (Å²) in [6.45, 7) is 6.80. The molecule has 1 heterocycles. The highest BCUT2D eigenvalue weighted by atomic mass is 16.5. The highest BCUT2D eigenvalue weighted by molar-refractivity contribution is 5.81. The SMILES string of the molecule is CCNC(=NCCCCOCc1ccccc1)NC1CCN(C(=O)C2CCCCC2)C1. The summed E-state index contributed by atoms with van der Waals surface area (Å²) in [5, 5.41) is 6.89. The number of likely N-dealkylation sites (tertiary alicyclic amines) is 1. The van der Waals surface area contributed by atoms with Crippen molar-refractivity contribution in [3.63, 3.8) is 0 Å². The third kappa shape index (κ3) is 8.17. The summed E-state index contributed by atoms with van der Waals surface area (Å²) in [6, 6.07) is 10.6. The average Bonchev–Trinajstić information content (AvgIpc) is 3.28. The van der Waals surface area contributed by atoms with Crippen molar-refractivity contribution in [2.45, 2.75) is 70.9 Å². The van der Waals surface area contributed by atoms with Crippen molar-refractivity contribution in [1.29, 1.82) is 0 Å². The molecule has 1 unspecified atom stereocenters. The predicted molar refractivity (Wildman–Crippen MR) is 126 cm³/mol. The van der Waals surface area contributed by atoms with Crippen LogP contribution >= 0.6 is 0 Å². The molecule has 1 saturated heterocycles. The molecule has 2 N–H and O–H groups in total. The predicted octanol–water partition coefficient (Wildman–Crippen LogP) is 3.72. The number of hydrogen-bond acceptors (Lipinski definition) is 3. The summed E-state index contributed by atoms with van der Waals surface area (Å²) in [6.07, 6.45) is 8.86. The molecule has 31 heavy (non-hydrogen) atoms. The molecule has 1 amide bonds. The third-order valence-corrected chi connectivity index (χ3v) is 6.22. The lowest BCUT2D eigenvalue weighted by atomic mass is 9.88. The molecule has 0 aromatic heterocycles. The van der Waals surface area contributed by atoms with Crippen LogP contribution in [-0.4, -0.2) is 55.6 Å². The number of aliphatic imine (C=N–C) groups is 1. The fourth-order valence-electron chi connectivity index (χ4n) is 4.47. The summed E-state index contributed by atoms with van der Waals surface area (Å²) < 4.78 is 5.75. The van der Waals surface area contributed by atoms with Crippen molar-refractivity contribution < 1.29 is 9.53 Å². The quantitative estimate of drug-likeness (QED) is 0.339. The highest BCUT2D eigenvalue weighted by Crippen LogP contribution is 2.26. The van der Waals surface area contributed by atoms with Crippen LogP contribution in [0.5, 0.6) is 0 Å². The molecular formula is C25H40N4O2. The Morgan fingerprint density at radius 3 is 2.71 bits per heavy atom. The Kier molecular flexibility index (Phi) is 10.2. The van der Waals surface area contributed by atoms with E-state index in [1.54, 1.807) is 0 Å². The van der Waals surface area contributed by atoms with Crippen LogP contribution in [0, 0.1) is 5.92 Å². The second-order valence-corrected chi connectivity index (χ2v) is 8.76. The Hall–Kier alpha value is -2.08. The molecule has 6 heteroatoms. The molecule has 1 aromatic rings. The number of unbranched alkanes of at least 4 members (excludes halogenated alkanes) is 1. The summed E-state index contributed by atoms with van der Waals surface area (Å²) in [4.78, 5) is 19.6. The van der Waals surface area contributed by atoms with E-state index in [4.69, 9.17) is 9.73 Å². The molecule has 1 saturated carbocycles. The first kappa shape index (κ1) is 23.6. The maximum Gasteiger partial charge on any atom is 0.225 e. The maximum atomic E-state index is 12.8. The van der Waals surface area contributed by atoms with Crippen LogP contribution in [0.3, 0.4) is 0 Å². The average molecular weight is 429 g/mol. The van der Waals surface area contributed by atoms with E-state index in [2.05, 4.69) is 34.6 Å². The van der Waals surface area contributed by atoms with Crippen molar-refractivity contribution in [3.8, 4) is 0 Å². The van der Waals surface area contributed by atoms with Crippen molar-refractivity contribution in [1.82, 2.24) is 15.5 Å². The normalized spacial score (nSPS) is 20.1. The Balaban J connectivity index is 1.33. The van der Waals surface area contributed by atoms with Gasteiger partial charge in [0.05, 0.1) is 6.61 Å². The summed E-state index contributed by atoms with van der Waals surface area (Å²) in [5.41, 5.74) is 1.21. The number of carbonyl (C=O) groups is 1. The number of carbonyl (C=O) groups excluding carboxylic acids is 1. The number of rotatable bonds is 10. The molecule has 1 atom stereocenters. The molecular weight excluding hydrogens is 388 g/mol. The molecule has 1 aliphatic carbocycles. The fraction of sp³-hybridized carbons (Fsp3) is 0.680. The zero-order valence-corrected chi connectivity index (χ0v) is 19.2. The first-order valence-electron chi connectivity index (χ1n) is 12.2. The fourth-order valence-corrected chi connectivity index (χ4v) is 4.47. The molecule has 0 bridgehead atoms. The number of nitrogens with zero attached hydrogens (tertiary/aromatic N) is 2. The molecule has 6 nitrogen and oxygen atoms in total. The Bertz CT molecular complexity index is 673. The van der Waals surface area contributed by atoms with Crippen LogP contribution in [-0.2, 0) is 16.1 Å². The van der Waals surface area contributed by atoms with Crippen LogP contribution in [0.15, 0.2) is 35.3 Å². The van der Waals surface area contributed by atoms with E-state index in [1.807, 2.05) is 18.2 Å². The second-order valence-electron chi connectivity index (χ2n) is 8.76. The van der Waals surface area contributed by atoms with Gasteiger partial charge in [-0.2, -0.15) is 0 Å². The minimum atomic E-state index is 0.263. The minimum Gasteiger partial charge on any atom is -0.377 e. The van der Waals surface area contributed by atoms with E-state index in [0.29, 0.717) is 18.6 Å². The number of ether oxygens (including phenoxy) is 1. The summed E-state index contributed by atoms with van der Waals surface area (Å²) >= 11 is 0. The van der Waals surface area contributed by atoms with Gasteiger partial charge in [-0.05, 0) is 44.6 Å². The van der Waals surface area contributed by atoms with Gasteiger partial charge in [-0.3, -0.25) is 9.79 Å². The van der Waals surface area contributed by atoms with E-state index in [1.165, 1.54) is 24.8 Å². The van der Waals surface area contributed by atoms with E-state index in [9.17, 15) is 4.79 Å². The van der Waals surface area contributed by atoms with Gasteiger partial charge in [0.2, 0.25) is 5.91 Å². The van der Waals surface area contributed by atoms with Gasteiger partial charge in [0.1, 0.15) is 0 Å². The number of benzene rings is 1. The van der Waals surface area contributed by atoms with Crippen molar-refractivity contribution in [2.24, 2.45) is 10.9 Å². The van der Waals surface area contributed by atoms with Gasteiger partial charge in [-0.1, -0.05) is 49.6 Å². The van der Waals surface area contributed by atoms with Gasteiger partial charge in [0.15, 0.2) is 5.96 Å². The Morgan fingerprint density at radius 2 is 1.94 bits per heavy atom. The lowest BCUT2D eigenvalue weighted by Crippen LogP contribution is -2.45. The lowest BCUT2D eigenvalue weighted by Gasteiger charge is -2.26. The standard InChI is InChI=1S/C25H40N4O2/c1-2-26-25(27-16-9-10-18-31-20-21-11-5-3-6-12-21)28-23-15-17-29(19-23)24(30)22-13-7-4-8-14-22/h3,5-6,11-12,22-23H,2,4,7-10,13-20H2,1H3,(H2,26,27,28). The van der Waals surface area contributed by atoms with Crippen molar-refractivity contribution in [2.75, 3.05) is 32.8 Å². The molecule has 172 valence electrons. The van der Waals surface area contributed by atoms with Gasteiger partial charge in [0.25, 0.3) is 0 Å². The molecule has 2 aliphatic rings. The van der Waals surface area contributed by atoms with E-state index < -0.39 is 0 Å². The zero-order valence-electron chi connectivity index (χ0n) is 19.2. The van der Waals surface area contributed by atoms with Crippen LogP contribution in [0.25, 0.3) is 0 Å². The maximum absolute atomic E-state index is 12.8. The molecule has 3 rings (SSSR count). The van der Waals surface area contributed by atoms with Gasteiger partial charge in [-0.15, -0.1) is 0 Å². The van der Waals surface area contributed by atoms with Crippen LogP contribution in [0.2, 0.25) is 0 Å². The van der Waals surface area contributed by atoms with E-state index in [-0.39, 0.29) is 5.92 Å². The molecule has 0 spiro atoms. The smallest absolute Gasteiger partial charge is 0.225 e. The van der Waals surface area contributed by atoms with Crippen LogP contribution < -0.4 is 10.6 Å². The van der Waals surface area contributed by atoms with E-state index >= 15 is 0 Å². The number of amides is 1. The van der Waals surface area contributed by atoms with Gasteiger partial charge < -0.3 is 20.3 Å².